The van der Waals surface area contributed by atoms with E-state index < -0.39 is 15.2 Å². The monoisotopic (exact) mass is 264 g/mol. The molecule has 1 saturated heterocycles. The van der Waals surface area contributed by atoms with E-state index in [0.29, 0.717) is 24.6 Å². The van der Waals surface area contributed by atoms with Crippen LogP contribution in [-0.2, 0) is 9.84 Å². The maximum atomic E-state index is 11.9. The van der Waals surface area contributed by atoms with E-state index in [-0.39, 0.29) is 5.75 Å². The van der Waals surface area contributed by atoms with Crippen LogP contribution in [-0.4, -0.2) is 48.3 Å². The topological polar surface area (TPSA) is 61.2 Å². The van der Waals surface area contributed by atoms with Crippen molar-refractivity contribution in [3.8, 4) is 0 Å². The molecule has 0 bridgehead atoms. The molecule has 0 spiro atoms. The van der Waals surface area contributed by atoms with Crippen molar-refractivity contribution in [2.45, 2.75) is 32.1 Å². The molecular formula is C10H20N2O2S2. The first-order valence-corrected chi connectivity index (χ1v) is 8.53. The Hall–Kier alpha value is -0.230. The smallest absolute Gasteiger partial charge is 0.171 e. The highest BCUT2D eigenvalue weighted by molar-refractivity contribution is 8.01. The van der Waals surface area contributed by atoms with Crippen molar-refractivity contribution < 1.29 is 8.42 Å². The molecule has 0 aliphatic carbocycles. The van der Waals surface area contributed by atoms with Gasteiger partial charge in [0.25, 0.3) is 0 Å². The lowest BCUT2D eigenvalue weighted by Gasteiger charge is -2.36. The average Bonchev–Trinajstić information content (AvgIpc) is 2.29. The highest BCUT2D eigenvalue weighted by Crippen LogP contribution is 2.22. The van der Waals surface area contributed by atoms with Crippen LogP contribution in [0.1, 0.15) is 26.7 Å². The molecule has 0 saturated carbocycles. The summed E-state index contributed by atoms with van der Waals surface area (Å²) in [7, 11) is -3.07. The Kier molecular flexibility index (Phi) is 5.11. The van der Waals surface area contributed by atoms with Gasteiger partial charge in [-0.3, -0.25) is 5.41 Å². The molecule has 1 N–H and O–H groups in total. The molecule has 1 rings (SSSR count). The van der Waals surface area contributed by atoms with Gasteiger partial charge >= 0.3 is 0 Å². The maximum absolute atomic E-state index is 11.9. The van der Waals surface area contributed by atoms with E-state index in [0.717, 1.165) is 12.2 Å². The lowest BCUT2D eigenvalue weighted by Crippen LogP contribution is -2.50. The Morgan fingerprint density at radius 3 is 2.75 bits per heavy atom. The van der Waals surface area contributed by atoms with E-state index in [2.05, 4.69) is 0 Å². The van der Waals surface area contributed by atoms with Gasteiger partial charge in [-0.25, -0.2) is 8.42 Å². The van der Waals surface area contributed by atoms with Gasteiger partial charge in [0.15, 0.2) is 9.84 Å². The molecule has 1 heterocycles. The lowest BCUT2D eigenvalue weighted by molar-refractivity contribution is 0.398. The Morgan fingerprint density at radius 1 is 1.50 bits per heavy atom. The lowest BCUT2D eigenvalue weighted by atomic mass is 10.3. The van der Waals surface area contributed by atoms with E-state index in [1.165, 1.54) is 0 Å². The molecule has 16 heavy (non-hydrogen) atoms. The summed E-state index contributed by atoms with van der Waals surface area (Å²) in [4.78, 5) is 1.78. The first kappa shape index (κ1) is 13.8. The first-order chi connectivity index (χ1) is 7.53. The van der Waals surface area contributed by atoms with E-state index in [1.807, 2.05) is 6.92 Å². The number of sulfone groups is 1. The van der Waals surface area contributed by atoms with E-state index in [4.69, 9.17) is 5.41 Å². The second-order valence-corrected chi connectivity index (χ2v) is 7.47. The fourth-order valence-electron chi connectivity index (χ4n) is 1.76. The average molecular weight is 264 g/mol. The molecule has 1 fully saturated rings. The molecule has 1 aliphatic heterocycles. The van der Waals surface area contributed by atoms with Crippen molar-refractivity contribution >= 4 is 27.4 Å². The van der Waals surface area contributed by atoms with E-state index in [1.54, 1.807) is 23.6 Å². The molecular weight excluding hydrogens is 244 g/mol. The molecule has 0 amide bonds. The molecule has 1 atom stereocenters. The van der Waals surface area contributed by atoms with Crippen LogP contribution in [0.15, 0.2) is 0 Å². The van der Waals surface area contributed by atoms with Crippen LogP contribution in [0.2, 0.25) is 0 Å². The molecule has 0 aromatic heterocycles. The summed E-state index contributed by atoms with van der Waals surface area (Å²) >= 11 is 1.67. The molecule has 0 aromatic carbocycles. The van der Waals surface area contributed by atoms with Crippen LogP contribution >= 0.6 is 11.8 Å². The summed E-state index contributed by atoms with van der Waals surface area (Å²) in [5.41, 5.74) is 0. The molecule has 1 unspecified atom stereocenters. The zero-order chi connectivity index (χ0) is 12.2. The summed E-state index contributed by atoms with van der Waals surface area (Å²) in [5, 5.41) is 7.44. The normalized spacial score (nSPS) is 22.1. The maximum Gasteiger partial charge on any atom is 0.171 e. The van der Waals surface area contributed by atoms with Crippen LogP contribution in [0.25, 0.3) is 0 Å². The predicted octanol–water partition coefficient (Wildman–Crippen LogP) is 1.57. The number of rotatable bonds is 4. The number of hydrogen-bond acceptors (Lipinski definition) is 4. The van der Waals surface area contributed by atoms with Gasteiger partial charge in [-0.1, -0.05) is 13.8 Å². The Bertz CT molecular complexity index is 341. The molecule has 6 heteroatoms. The quantitative estimate of drug-likeness (QED) is 0.618. The van der Waals surface area contributed by atoms with Crippen molar-refractivity contribution in [3.05, 3.63) is 0 Å². The van der Waals surface area contributed by atoms with Gasteiger partial charge in [0.2, 0.25) is 0 Å². The van der Waals surface area contributed by atoms with Crippen LogP contribution in [0.3, 0.4) is 0 Å². The summed E-state index contributed by atoms with van der Waals surface area (Å²) in [6.07, 6.45) is 1.56. The highest BCUT2D eigenvalue weighted by Gasteiger charge is 2.33. The first-order valence-electron chi connectivity index (χ1n) is 5.66. The van der Waals surface area contributed by atoms with Gasteiger partial charge in [-0.05, 0) is 6.42 Å². The highest BCUT2D eigenvalue weighted by atomic mass is 32.2. The van der Waals surface area contributed by atoms with E-state index >= 15 is 0 Å². The number of nitrogens with one attached hydrogen (secondary N) is 1. The fraction of sp³-hybridized carbons (Fsp3) is 0.900. The SMILES string of the molecule is CCCC(=N)N1CCSCC1S(=O)(=O)CC. The number of hydrogen-bond donors (Lipinski definition) is 1. The molecule has 0 radical (unpaired) electrons. The summed E-state index contributed by atoms with van der Waals surface area (Å²) in [6.45, 7) is 4.38. The van der Waals surface area contributed by atoms with Crippen molar-refractivity contribution in [1.29, 1.82) is 5.41 Å². The van der Waals surface area contributed by atoms with Crippen molar-refractivity contribution in [2.75, 3.05) is 23.8 Å². The third-order valence-corrected chi connectivity index (χ3v) is 6.02. The van der Waals surface area contributed by atoms with Gasteiger partial charge in [0.1, 0.15) is 5.37 Å². The third kappa shape index (κ3) is 3.13. The zero-order valence-electron chi connectivity index (χ0n) is 9.90. The molecule has 0 aromatic rings. The van der Waals surface area contributed by atoms with Gasteiger partial charge in [-0.2, -0.15) is 11.8 Å². The molecule has 94 valence electrons. The second kappa shape index (κ2) is 5.91. The second-order valence-electron chi connectivity index (χ2n) is 3.87. The largest absolute Gasteiger partial charge is 0.342 e. The number of thioether (sulfide) groups is 1. The van der Waals surface area contributed by atoms with Crippen LogP contribution in [0.5, 0.6) is 0 Å². The predicted molar refractivity (Wildman–Crippen MR) is 69.9 cm³/mol. The van der Waals surface area contributed by atoms with Gasteiger partial charge in [0.05, 0.1) is 5.84 Å². The van der Waals surface area contributed by atoms with Gasteiger partial charge in [0, 0.05) is 30.2 Å². The summed E-state index contributed by atoms with van der Waals surface area (Å²) < 4.78 is 23.8. The van der Waals surface area contributed by atoms with E-state index in [9.17, 15) is 8.42 Å². The van der Waals surface area contributed by atoms with Crippen LogP contribution < -0.4 is 0 Å². The van der Waals surface area contributed by atoms with Gasteiger partial charge < -0.3 is 4.90 Å². The summed E-state index contributed by atoms with van der Waals surface area (Å²) in [6, 6.07) is 0. The minimum absolute atomic E-state index is 0.161. The number of amidine groups is 1. The minimum atomic E-state index is -3.07. The van der Waals surface area contributed by atoms with Crippen LogP contribution in [0, 0.1) is 5.41 Å². The standard InChI is InChI=1S/C10H20N2O2S2/c1-3-5-9(11)12-6-7-15-8-10(12)16(13,14)4-2/h10-11H,3-8H2,1-2H3. The minimum Gasteiger partial charge on any atom is -0.342 e. The van der Waals surface area contributed by atoms with Crippen molar-refractivity contribution in [3.63, 3.8) is 0 Å². The Balaban J connectivity index is 2.83. The summed E-state index contributed by atoms with van der Waals surface area (Å²) in [5.74, 6) is 2.16. The molecule has 4 nitrogen and oxygen atoms in total. The van der Waals surface area contributed by atoms with Crippen LogP contribution in [0.4, 0.5) is 0 Å². The van der Waals surface area contributed by atoms with Gasteiger partial charge in [-0.15, -0.1) is 0 Å². The molecule has 1 aliphatic rings. The zero-order valence-corrected chi connectivity index (χ0v) is 11.5. The fourth-order valence-corrected chi connectivity index (χ4v) is 4.76. The third-order valence-electron chi connectivity index (χ3n) is 2.73. The Morgan fingerprint density at radius 2 is 2.19 bits per heavy atom. The Labute approximate surface area is 102 Å². The number of nitrogens with zero attached hydrogens (tertiary/aromatic N) is 1. The van der Waals surface area contributed by atoms with Crippen molar-refractivity contribution in [2.24, 2.45) is 0 Å². The van der Waals surface area contributed by atoms with Crippen molar-refractivity contribution in [1.82, 2.24) is 4.90 Å².